The molecule has 0 saturated heterocycles. The summed E-state index contributed by atoms with van der Waals surface area (Å²) in [4.78, 5) is 14.9. The molecule has 132 valence electrons. The van der Waals surface area contributed by atoms with Crippen molar-refractivity contribution < 1.29 is 9.53 Å². The van der Waals surface area contributed by atoms with Gasteiger partial charge in [-0.2, -0.15) is 0 Å². The minimum Gasteiger partial charge on any atom is -0.491 e. The first-order valence-corrected chi connectivity index (χ1v) is 8.50. The van der Waals surface area contributed by atoms with Gasteiger partial charge in [0.25, 0.3) is 0 Å². The fourth-order valence-corrected chi connectivity index (χ4v) is 3.32. The number of carbonyl (C=O) groups is 1. The number of nitrogens with zero attached hydrogens (tertiary/aromatic N) is 1. The molecule has 1 heterocycles. The summed E-state index contributed by atoms with van der Waals surface area (Å²) in [6.07, 6.45) is 2.54. The van der Waals surface area contributed by atoms with Crippen molar-refractivity contribution in [2.24, 2.45) is 11.1 Å². The monoisotopic (exact) mass is 358 g/mol. The topological polar surface area (TPSA) is 55.6 Å². The van der Waals surface area contributed by atoms with Gasteiger partial charge in [0, 0.05) is 24.4 Å². The second kappa shape index (κ2) is 7.06. The zero-order valence-electron chi connectivity index (χ0n) is 14.1. The van der Waals surface area contributed by atoms with E-state index < -0.39 is 0 Å². The van der Waals surface area contributed by atoms with E-state index in [1.165, 1.54) is 0 Å². The molecule has 0 aromatic heterocycles. The quantitative estimate of drug-likeness (QED) is 0.910. The molecular weight excluding hydrogens is 336 g/mol. The van der Waals surface area contributed by atoms with E-state index in [1.807, 2.05) is 59.5 Å². The van der Waals surface area contributed by atoms with E-state index in [9.17, 15) is 4.79 Å². The first-order chi connectivity index (χ1) is 11.7. The van der Waals surface area contributed by atoms with Gasteiger partial charge in [-0.15, -0.1) is 12.4 Å². The van der Waals surface area contributed by atoms with Crippen LogP contribution in [0, 0.1) is 5.41 Å². The van der Waals surface area contributed by atoms with Gasteiger partial charge in [0.15, 0.2) is 0 Å². The molecule has 4 rings (SSSR count). The van der Waals surface area contributed by atoms with E-state index in [1.54, 1.807) is 0 Å². The van der Waals surface area contributed by atoms with Crippen LogP contribution in [0.3, 0.4) is 0 Å². The van der Waals surface area contributed by atoms with Crippen LogP contribution < -0.4 is 15.4 Å². The summed E-state index contributed by atoms with van der Waals surface area (Å²) in [5.74, 6) is 0.860. The maximum Gasteiger partial charge on any atom is 0.229 e. The number of amides is 1. The summed E-state index contributed by atoms with van der Waals surface area (Å²) in [6.45, 7) is 1.42. The first-order valence-electron chi connectivity index (χ1n) is 8.50. The Morgan fingerprint density at radius 1 is 1.12 bits per heavy atom. The fourth-order valence-electron chi connectivity index (χ4n) is 3.32. The second-order valence-corrected chi connectivity index (χ2v) is 6.96. The highest BCUT2D eigenvalue weighted by Crippen LogP contribution is 2.50. The molecule has 1 spiro atoms. The summed E-state index contributed by atoms with van der Waals surface area (Å²) in [5, 5.41) is 0. The summed E-state index contributed by atoms with van der Waals surface area (Å²) in [7, 11) is 0. The average molecular weight is 359 g/mol. The highest BCUT2D eigenvalue weighted by molar-refractivity contribution is 5.95. The van der Waals surface area contributed by atoms with Crippen LogP contribution in [-0.4, -0.2) is 19.1 Å². The van der Waals surface area contributed by atoms with Crippen LogP contribution in [0.25, 0.3) is 0 Å². The first kappa shape index (κ1) is 17.8. The number of fused-ring (bicyclic) bond motifs is 1. The Balaban J connectivity index is 0.00000182. The maximum absolute atomic E-state index is 13.0. The summed E-state index contributed by atoms with van der Waals surface area (Å²) < 4.78 is 5.97. The molecule has 2 aromatic rings. The van der Waals surface area contributed by atoms with Crippen molar-refractivity contribution in [1.82, 2.24) is 0 Å². The number of nitrogens with two attached hydrogens (primary N) is 1. The molecule has 1 amide bonds. The molecule has 5 heteroatoms. The van der Waals surface area contributed by atoms with E-state index in [2.05, 4.69) is 0 Å². The highest BCUT2D eigenvalue weighted by Gasteiger charge is 2.48. The molecule has 0 unspecified atom stereocenters. The molecule has 0 bridgehead atoms. The fraction of sp³-hybridized carbons (Fsp3) is 0.350. The van der Waals surface area contributed by atoms with E-state index in [-0.39, 0.29) is 29.8 Å². The third kappa shape index (κ3) is 3.65. The standard InChI is InChI=1S/C20H22N2O2.ClH/c21-16(15-6-2-1-3-7-15)12-19(23)22-13-20(10-11-20)14-24-18-9-5-4-8-17(18)22;/h1-9,16H,10-14,21H2;1H/t16-;/m0./s1. The van der Waals surface area contributed by atoms with Crippen LogP contribution in [0.1, 0.15) is 30.9 Å². The maximum atomic E-state index is 13.0. The van der Waals surface area contributed by atoms with Gasteiger partial charge in [-0.3, -0.25) is 4.79 Å². The van der Waals surface area contributed by atoms with E-state index in [0.29, 0.717) is 13.0 Å². The molecule has 2 N–H and O–H groups in total. The van der Waals surface area contributed by atoms with Gasteiger partial charge in [-0.25, -0.2) is 0 Å². The van der Waals surface area contributed by atoms with Gasteiger partial charge in [0.1, 0.15) is 5.75 Å². The zero-order chi connectivity index (χ0) is 16.6. The number of ether oxygens (including phenoxy) is 1. The van der Waals surface area contributed by atoms with Crippen molar-refractivity contribution in [3.63, 3.8) is 0 Å². The van der Waals surface area contributed by atoms with E-state index >= 15 is 0 Å². The smallest absolute Gasteiger partial charge is 0.229 e. The third-order valence-electron chi connectivity index (χ3n) is 5.06. The Hall–Kier alpha value is -2.04. The lowest BCUT2D eigenvalue weighted by atomic mass is 10.0. The lowest BCUT2D eigenvalue weighted by Crippen LogP contribution is -2.37. The van der Waals surface area contributed by atoms with Crippen LogP contribution in [0.5, 0.6) is 5.75 Å². The normalized spacial score (nSPS) is 18.4. The molecule has 1 atom stereocenters. The Morgan fingerprint density at radius 3 is 2.52 bits per heavy atom. The Morgan fingerprint density at radius 2 is 1.80 bits per heavy atom. The molecule has 1 aliphatic carbocycles. The minimum absolute atomic E-state index is 0. The van der Waals surface area contributed by atoms with Crippen LogP contribution in [-0.2, 0) is 4.79 Å². The number of benzene rings is 2. The van der Waals surface area contributed by atoms with Gasteiger partial charge < -0.3 is 15.4 Å². The molecular formula is C20H23ClN2O2. The van der Waals surface area contributed by atoms with Gasteiger partial charge in [0.05, 0.1) is 12.3 Å². The molecule has 1 aliphatic heterocycles. The highest BCUT2D eigenvalue weighted by atomic mass is 35.5. The van der Waals surface area contributed by atoms with Crippen LogP contribution in [0.15, 0.2) is 54.6 Å². The predicted molar refractivity (Wildman–Crippen MR) is 101 cm³/mol. The second-order valence-electron chi connectivity index (χ2n) is 6.96. The average Bonchev–Trinajstić information content (AvgIpc) is 3.41. The number of para-hydroxylation sites is 2. The number of carbonyl (C=O) groups excluding carboxylic acids is 1. The Kier molecular flexibility index (Phi) is 5.02. The molecule has 0 radical (unpaired) electrons. The molecule has 2 aliphatic rings. The van der Waals surface area contributed by atoms with Gasteiger partial charge in [0.2, 0.25) is 5.91 Å². The van der Waals surface area contributed by atoms with Crippen LogP contribution in [0.2, 0.25) is 0 Å². The minimum atomic E-state index is -0.287. The number of halogens is 1. The van der Waals surface area contributed by atoms with Crippen molar-refractivity contribution in [3.05, 3.63) is 60.2 Å². The summed E-state index contributed by atoms with van der Waals surface area (Å²) >= 11 is 0. The molecule has 4 nitrogen and oxygen atoms in total. The van der Waals surface area contributed by atoms with Gasteiger partial charge in [-0.05, 0) is 30.5 Å². The predicted octanol–water partition coefficient (Wildman–Crippen LogP) is 3.70. The molecule has 1 saturated carbocycles. The lowest BCUT2D eigenvalue weighted by molar-refractivity contribution is -0.119. The largest absolute Gasteiger partial charge is 0.491 e. The number of hydrogen-bond donors (Lipinski definition) is 1. The summed E-state index contributed by atoms with van der Waals surface area (Å²) in [6, 6.07) is 17.3. The number of anilines is 1. The Labute approximate surface area is 154 Å². The summed E-state index contributed by atoms with van der Waals surface area (Å²) in [5.41, 5.74) is 8.26. The molecule has 2 aromatic carbocycles. The van der Waals surface area contributed by atoms with Crippen molar-refractivity contribution in [2.75, 3.05) is 18.1 Å². The van der Waals surface area contributed by atoms with Crippen molar-refractivity contribution >= 4 is 24.0 Å². The van der Waals surface area contributed by atoms with Gasteiger partial charge >= 0.3 is 0 Å². The number of rotatable bonds is 3. The van der Waals surface area contributed by atoms with Crippen LogP contribution in [0.4, 0.5) is 5.69 Å². The number of hydrogen-bond acceptors (Lipinski definition) is 3. The lowest BCUT2D eigenvalue weighted by Gasteiger charge is -2.25. The van der Waals surface area contributed by atoms with Crippen molar-refractivity contribution in [2.45, 2.75) is 25.3 Å². The van der Waals surface area contributed by atoms with E-state index in [0.717, 1.165) is 36.4 Å². The SMILES string of the molecule is Cl.N[C@@H](CC(=O)N1CC2(CC2)COc2ccccc21)c1ccccc1. The van der Waals surface area contributed by atoms with E-state index in [4.69, 9.17) is 10.5 Å². The molecule has 25 heavy (non-hydrogen) atoms. The van der Waals surface area contributed by atoms with Crippen molar-refractivity contribution in [3.8, 4) is 5.75 Å². The third-order valence-corrected chi connectivity index (χ3v) is 5.06. The van der Waals surface area contributed by atoms with Crippen LogP contribution >= 0.6 is 12.4 Å². The van der Waals surface area contributed by atoms with Gasteiger partial charge in [-0.1, -0.05) is 42.5 Å². The zero-order valence-corrected chi connectivity index (χ0v) is 14.9. The van der Waals surface area contributed by atoms with Crippen molar-refractivity contribution in [1.29, 1.82) is 0 Å². The Bertz CT molecular complexity index is 746. The molecule has 1 fully saturated rings.